The summed E-state index contributed by atoms with van der Waals surface area (Å²) in [4.78, 5) is 29.8. The van der Waals surface area contributed by atoms with Gasteiger partial charge in [-0.05, 0) is 25.3 Å². The average molecular weight is 456 g/mol. The highest BCUT2D eigenvalue weighted by Gasteiger charge is 2.32. The Morgan fingerprint density at radius 2 is 2.10 bits per heavy atom. The summed E-state index contributed by atoms with van der Waals surface area (Å²) in [5.74, 6) is 0.329. The van der Waals surface area contributed by atoms with Gasteiger partial charge in [0.05, 0.1) is 23.7 Å². The van der Waals surface area contributed by atoms with Crippen molar-refractivity contribution in [1.82, 2.24) is 10.1 Å². The van der Waals surface area contributed by atoms with E-state index in [9.17, 15) is 18.0 Å². The molecule has 164 valence electrons. The fourth-order valence-corrected chi connectivity index (χ4v) is 6.18. The first kappa shape index (κ1) is 22.4. The summed E-state index contributed by atoms with van der Waals surface area (Å²) in [7, 11) is -3.19. The molecule has 9 nitrogen and oxygen atoms in total. The van der Waals surface area contributed by atoms with E-state index in [0.29, 0.717) is 40.0 Å². The van der Waals surface area contributed by atoms with Crippen molar-refractivity contribution in [2.24, 2.45) is 0 Å². The van der Waals surface area contributed by atoms with Gasteiger partial charge in [-0.15, -0.1) is 11.3 Å². The quantitative estimate of drug-likeness (QED) is 0.602. The Morgan fingerprint density at radius 3 is 2.77 bits per heavy atom. The normalized spacial score (nSPS) is 15.1. The predicted octanol–water partition coefficient (Wildman–Crippen LogP) is 2.86. The van der Waals surface area contributed by atoms with E-state index in [1.165, 1.54) is 0 Å². The molecule has 0 bridgehead atoms. The number of nitrogens with one attached hydrogen (secondary N) is 1. The molecule has 0 radical (unpaired) electrons. The number of aryl methyl sites for hydroxylation is 1. The van der Waals surface area contributed by atoms with E-state index in [2.05, 4.69) is 15.5 Å². The summed E-state index contributed by atoms with van der Waals surface area (Å²) < 4.78 is 34.2. The van der Waals surface area contributed by atoms with Crippen LogP contribution in [-0.2, 0) is 38.0 Å². The molecule has 0 atom stereocenters. The standard InChI is InChI=1S/C19H25N3O6S2/c1-4-27-19(24)16-12-8-9-30(25,26)10-13(12)29-18(16)20-14(23)6-5-7-15-21-17(11(2)3)22-28-15/h11H,4-10H2,1-3H3,(H,20,23). The van der Waals surface area contributed by atoms with Gasteiger partial charge in [0.15, 0.2) is 15.7 Å². The van der Waals surface area contributed by atoms with Crippen molar-refractivity contribution in [3.63, 3.8) is 0 Å². The van der Waals surface area contributed by atoms with Gasteiger partial charge in [0.25, 0.3) is 0 Å². The lowest BCUT2D eigenvalue weighted by atomic mass is 10.1. The predicted molar refractivity (Wildman–Crippen MR) is 111 cm³/mol. The maximum absolute atomic E-state index is 12.5. The molecule has 0 aromatic carbocycles. The molecule has 1 N–H and O–H groups in total. The van der Waals surface area contributed by atoms with Crippen LogP contribution in [0.5, 0.6) is 0 Å². The van der Waals surface area contributed by atoms with Crippen molar-refractivity contribution >= 4 is 38.1 Å². The number of esters is 1. The van der Waals surface area contributed by atoms with Gasteiger partial charge in [-0.2, -0.15) is 4.98 Å². The molecule has 0 saturated carbocycles. The molecule has 11 heteroatoms. The van der Waals surface area contributed by atoms with Gasteiger partial charge in [0, 0.05) is 23.6 Å². The molecule has 1 amide bonds. The first-order chi connectivity index (χ1) is 14.2. The maximum atomic E-state index is 12.5. The van der Waals surface area contributed by atoms with Crippen molar-refractivity contribution < 1.29 is 27.3 Å². The number of ether oxygens (including phenoxy) is 1. The number of amides is 1. The van der Waals surface area contributed by atoms with E-state index in [1.807, 2.05) is 13.8 Å². The Bertz CT molecular complexity index is 1040. The van der Waals surface area contributed by atoms with Gasteiger partial charge in [-0.25, -0.2) is 13.2 Å². The Morgan fingerprint density at radius 1 is 1.33 bits per heavy atom. The third kappa shape index (κ3) is 5.25. The highest BCUT2D eigenvalue weighted by molar-refractivity contribution is 7.90. The number of nitrogens with zero attached hydrogens (tertiary/aromatic N) is 2. The zero-order valence-electron chi connectivity index (χ0n) is 17.2. The van der Waals surface area contributed by atoms with Crippen molar-refractivity contribution in [2.45, 2.75) is 58.1 Å². The Labute approximate surface area is 179 Å². The van der Waals surface area contributed by atoms with Crippen LogP contribution in [0.25, 0.3) is 0 Å². The summed E-state index contributed by atoms with van der Waals surface area (Å²) in [6.07, 6.45) is 1.41. The highest BCUT2D eigenvalue weighted by Crippen LogP contribution is 2.38. The summed E-state index contributed by atoms with van der Waals surface area (Å²) in [5.41, 5.74) is 0.939. The van der Waals surface area contributed by atoms with Gasteiger partial charge in [-0.1, -0.05) is 19.0 Å². The number of thiophene rings is 1. The number of aromatic nitrogens is 2. The van der Waals surface area contributed by atoms with Crippen LogP contribution in [0.3, 0.4) is 0 Å². The number of sulfone groups is 1. The molecule has 1 aliphatic heterocycles. The first-order valence-electron chi connectivity index (χ1n) is 9.84. The smallest absolute Gasteiger partial charge is 0.341 e. The van der Waals surface area contributed by atoms with Crippen LogP contribution in [0.4, 0.5) is 5.00 Å². The van der Waals surface area contributed by atoms with E-state index in [-0.39, 0.29) is 48.3 Å². The zero-order chi connectivity index (χ0) is 21.9. The fraction of sp³-hybridized carbons (Fsp3) is 0.579. The molecule has 0 fully saturated rings. The molecule has 0 unspecified atom stereocenters. The molecule has 2 aromatic heterocycles. The highest BCUT2D eigenvalue weighted by atomic mass is 32.2. The van der Waals surface area contributed by atoms with Gasteiger partial charge in [0.2, 0.25) is 11.8 Å². The summed E-state index contributed by atoms with van der Waals surface area (Å²) in [6, 6.07) is 0. The zero-order valence-corrected chi connectivity index (χ0v) is 18.8. The summed E-state index contributed by atoms with van der Waals surface area (Å²) in [6.45, 7) is 5.82. The number of carbonyl (C=O) groups is 2. The van der Waals surface area contributed by atoms with Gasteiger partial charge in [-0.3, -0.25) is 4.79 Å². The second-order valence-electron chi connectivity index (χ2n) is 7.37. The lowest BCUT2D eigenvalue weighted by Gasteiger charge is -2.13. The van der Waals surface area contributed by atoms with Crippen LogP contribution in [0, 0.1) is 0 Å². The second kappa shape index (κ2) is 9.25. The third-order valence-corrected chi connectivity index (χ3v) is 7.52. The summed E-state index contributed by atoms with van der Waals surface area (Å²) >= 11 is 1.13. The fourth-order valence-electron chi connectivity index (χ4n) is 3.12. The van der Waals surface area contributed by atoms with E-state index in [4.69, 9.17) is 9.26 Å². The lowest BCUT2D eigenvalue weighted by Crippen LogP contribution is -2.20. The molecule has 3 rings (SSSR count). The molecule has 2 aromatic rings. The lowest BCUT2D eigenvalue weighted by molar-refractivity contribution is -0.116. The van der Waals surface area contributed by atoms with Crippen molar-refractivity contribution in [3.8, 4) is 0 Å². The van der Waals surface area contributed by atoms with Crippen LogP contribution < -0.4 is 5.32 Å². The first-order valence-corrected chi connectivity index (χ1v) is 12.5. The minimum atomic E-state index is -3.19. The molecular formula is C19H25N3O6S2. The largest absolute Gasteiger partial charge is 0.462 e. The maximum Gasteiger partial charge on any atom is 0.341 e. The number of hydrogen-bond acceptors (Lipinski definition) is 9. The third-order valence-electron chi connectivity index (χ3n) is 4.63. The molecule has 0 saturated heterocycles. The topological polar surface area (TPSA) is 128 Å². The number of carbonyl (C=O) groups excluding carboxylic acids is 2. The SMILES string of the molecule is CCOC(=O)c1c(NC(=O)CCCc2nc(C(C)C)no2)sc2c1CCS(=O)(=O)C2. The van der Waals surface area contributed by atoms with Crippen LogP contribution in [0.2, 0.25) is 0 Å². The molecular weight excluding hydrogens is 430 g/mol. The molecule has 0 aliphatic carbocycles. The van der Waals surface area contributed by atoms with Gasteiger partial charge in [0.1, 0.15) is 5.00 Å². The van der Waals surface area contributed by atoms with E-state index in [0.717, 1.165) is 11.3 Å². The minimum absolute atomic E-state index is 0.0148. The number of hydrogen-bond donors (Lipinski definition) is 1. The van der Waals surface area contributed by atoms with Gasteiger partial charge < -0.3 is 14.6 Å². The van der Waals surface area contributed by atoms with Gasteiger partial charge >= 0.3 is 5.97 Å². The van der Waals surface area contributed by atoms with Crippen LogP contribution in [0.15, 0.2) is 4.52 Å². The van der Waals surface area contributed by atoms with E-state index in [1.54, 1.807) is 6.92 Å². The Kier molecular flexibility index (Phi) is 6.91. The molecule has 3 heterocycles. The van der Waals surface area contributed by atoms with E-state index >= 15 is 0 Å². The van der Waals surface area contributed by atoms with Crippen molar-refractivity contribution in [2.75, 3.05) is 17.7 Å². The number of anilines is 1. The monoisotopic (exact) mass is 455 g/mol. The molecule has 1 aliphatic rings. The Hall–Kier alpha value is -2.27. The molecule has 30 heavy (non-hydrogen) atoms. The second-order valence-corrected chi connectivity index (χ2v) is 10.7. The minimum Gasteiger partial charge on any atom is -0.462 e. The average Bonchev–Trinajstić information content (AvgIpc) is 3.25. The molecule has 0 spiro atoms. The van der Waals surface area contributed by atoms with Crippen LogP contribution in [0.1, 0.15) is 72.0 Å². The van der Waals surface area contributed by atoms with Crippen LogP contribution >= 0.6 is 11.3 Å². The van der Waals surface area contributed by atoms with Crippen molar-refractivity contribution in [3.05, 3.63) is 27.7 Å². The Balaban J connectivity index is 1.67. The summed E-state index contributed by atoms with van der Waals surface area (Å²) in [5, 5.41) is 7.00. The number of rotatable bonds is 8. The van der Waals surface area contributed by atoms with Crippen molar-refractivity contribution in [1.29, 1.82) is 0 Å². The van der Waals surface area contributed by atoms with Crippen LogP contribution in [-0.4, -0.2) is 42.8 Å². The number of fused-ring (bicyclic) bond motifs is 1. The van der Waals surface area contributed by atoms with E-state index < -0.39 is 15.8 Å².